The van der Waals surface area contributed by atoms with Crippen LogP contribution in [0.2, 0.25) is 0 Å². The van der Waals surface area contributed by atoms with Crippen LogP contribution in [0.1, 0.15) is 21.5 Å². The van der Waals surface area contributed by atoms with Gasteiger partial charge < -0.3 is 14.8 Å². The van der Waals surface area contributed by atoms with Gasteiger partial charge in [0.15, 0.2) is 11.5 Å². The van der Waals surface area contributed by atoms with Gasteiger partial charge in [0, 0.05) is 30.1 Å². The zero-order valence-electron chi connectivity index (χ0n) is 19.0. The molecule has 10 heteroatoms. The molecule has 2 amide bonds. The minimum absolute atomic E-state index is 0.0213. The fourth-order valence-corrected chi connectivity index (χ4v) is 3.17. The number of carbonyl (C=O) groups excluding carboxylic acids is 2. The van der Waals surface area contributed by atoms with Crippen molar-refractivity contribution in [3.63, 3.8) is 0 Å². The Kier molecular flexibility index (Phi) is 7.64. The van der Waals surface area contributed by atoms with E-state index in [2.05, 4.69) is 25.7 Å². The molecule has 2 N–H and O–H groups in total. The van der Waals surface area contributed by atoms with E-state index in [0.717, 1.165) is 11.1 Å². The van der Waals surface area contributed by atoms with E-state index >= 15 is 0 Å². The molecular formula is C25H24N6O4. The van der Waals surface area contributed by atoms with E-state index in [-0.39, 0.29) is 18.4 Å². The number of methoxy groups -OCH3 is 1. The van der Waals surface area contributed by atoms with Crippen molar-refractivity contribution in [1.82, 2.24) is 25.1 Å². The zero-order chi connectivity index (χ0) is 24.5. The Bertz CT molecular complexity index is 1280. The molecule has 2 aromatic heterocycles. The third-order valence-corrected chi connectivity index (χ3v) is 4.94. The van der Waals surface area contributed by atoms with Crippen LogP contribution in [0.15, 0.2) is 79.4 Å². The first kappa shape index (κ1) is 23.4. The molecule has 2 aromatic carbocycles. The molecular weight excluding hydrogens is 448 g/mol. The molecule has 178 valence electrons. The third kappa shape index (κ3) is 6.64. The van der Waals surface area contributed by atoms with Crippen LogP contribution in [-0.4, -0.2) is 38.7 Å². The molecule has 0 fully saturated rings. The quantitative estimate of drug-likeness (QED) is 0.364. The van der Waals surface area contributed by atoms with Crippen molar-refractivity contribution in [2.24, 2.45) is 0 Å². The molecule has 4 rings (SSSR count). The molecule has 0 aliphatic rings. The SMILES string of the molecule is COc1cc(C(=O)Nc2ncn(CC(=O)NCc3ccccc3)n2)ccc1OCc1cccnc1. The number of nitrogens with zero attached hydrogens (tertiary/aromatic N) is 4. The zero-order valence-corrected chi connectivity index (χ0v) is 19.0. The molecule has 35 heavy (non-hydrogen) atoms. The first-order chi connectivity index (χ1) is 17.1. The monoisotopic (exact) mass is 472 g/mol. The molecule has 2 heterocycles. The topological polar surface area (TPSA) is 120 Å². The fourth-order valence-electron chi connectivity index (χ4n) is 3.17. The predicted octanol–water partition coefficient (Wildman–Crippen LogP) is 2.83. The number of nitrogens with one attached hydrogen (secondary N) is 2. The largest absolute Gasteiger partial charge is 0.493 e. The molecule has 0 spiro atoms. The second kappa shape index (κ2) is 11.4. The summed E-state index contributed by atoms with van der Waals surface area (Å²) in [7, 11) is 1.50. The summed E-state index contributed by atoms with van der Waals surface area (Å²) < 4.78 is 12.5. The van der Waals surface area contributed by atoms with Gasteiger partial charge in [0.05, 0.1) is 7.11 Å². The normalized spacial score (nSPS) is 10.4. The van der Waals surface area contributed by atoms with Gasteiger partial charge in [-0.15, -0.1) is 5.10 Å². The summed E-state index contributed by atoms with van der Waals surface area (Å²) in [6.45, 7) is 0.713. The highest BCUT2D eigenvalue weighted by atomic mass is 16.5. The Morgan fingerprint density at radius 1 is 1.00 bits per heavy atom. The van der Waals surface area contributed by atoms with Crippen molar-refractivity contribution < 1.29 is 19.1 Å². The van der Waals surface area contributed by atoms with E-state index < -0.39 is 5.91 Å². The lowest BCUT2D eigenvalue weighted by molar-refractivity contribution is -0.122. The standard InChI is InChI=1S/C25H24N6O4/c1-34-22-12-20(9-10-21(22)35-16-19-8-5-11-26-13-19)24(33)29-25-28-17-31(30-25)15-23(32)27-14-18-6-3-2-4-7-18/h2-13,17H,14-16H2,1H3,(H,27,32)(H,29,30,33). The average molecular weight is 473 g/mol. The molecule has 10 nitrogen and oxygen atoms in total. The lowest BCUT2D eigenvalue weighted by atomic mass is 10.2. The summed E-state index contributed by atoms with van der Waals surface area (Å²) in [5, 5.41) is 9.58. The second-order valence-electron chi connectivity index (χ2n) is 7.50. The van der Waals surface area contributed by atoms with Gasteiger partial charge in [-0.1, -0.05) is 36.4 Å². The number of hydrogen-bond acceptors (Lipinski definition) is 7. The van der Waals surface area contributed by atoms with E-state index in [1.807, 2.05) is 42.5 Å². The van der Waals surface area contributed by atoms with Crippen LogP contribution in [0.4, 0.5) is 5.95 Å². The number of amides is 2. The Labute approximate surface area is 201 Å². The Balaban J connectivity index is 1.31. The molecule has 0 aliphatic heterocycles. The van der Waals surface area contributed by atoms with Crippen molar-refractivity contribution in [1.29, 1.82) is 0 Å². The molecule has 4 aromatic rings. The number of pyridine rings is 1. The van der Waals surface area contributed by atoms with Crippen molar-refractivity contribution in [3.05, 3.63) is 96.1 Å². The van der Waals surface area contributed by atoms with Gasteiger partial charge in [-0.05, 0) is 29.8 Å². The molecule has 0 aliphatic carbocycles. The van der Waals surface area contributed by atoms with Gasteiger partial charge in [-0.25, -0.2) is 9.67 Å². The van der Waals surface area contributed by atoms with E-state index in [9.17, 15) is 9.59 Å². The average Bonchev–Trinajstić information content (AvgIpc) is 3.33. The summed E-state index contributed by atoms with van der Waals surface area (Å²) >= 11 is 0. The van der Waals surface area contributed by atoms with Crippen LogP contribution >= 0.6 is 0 Å². The maximum absolute atomic E-state index is 12.7. The minimum Gasteiger partial charge on any atom is -0.493 e. The highest BCUT2D eigenvalue weighted by molar-refractivity contribution is 6.03. The summed E-state index contributed by atoms with van der Waals surface area (Å²) in [6, 6.07) is 18.2. The molecule has 0 unspecified atom stereocenters. The van der Waals surface area contributed by atoms with E-state index in [0.29, 0.717) is 30.2 Å². The van der Waals surface area contributed by atoms with Gasteiger partial charge in [-0.2, -0.15) is 0 Å². The molecule has 0 radical (unpaired) electrons. The van der Waals surface area contributed by atoms with Crippen molar-refractivity contribution in [3.8, 4) is 11.5 Å². The van der Waals surface area contributed by atoms with Gasteiger partial charge in [0.1, 0.15) is 19.5 Å². The fraction of sp³-hybridized carbons (Fsp3) is 0.160. The van der Waals surface area contributed by atoms with Gasteiger partial charge in [0.25, 0.3) is 5.91 Å². The van der Waals surface area contributed by atoms with E-state index in [1.54, 1.807) is 30.6 Å². The Morgan fingerprint density at radius 3 is 2.60 bits per heavy atom. The minimum atomic E-state index is -0.423. The van der Waals surface area contributed by atoms with Crippen LogP contribution in [0, 0.1) is 0 Å². The molecule has 0 saturated heterocycles. The lowest BCUT2D eigenvalue weighted by Crippen LogP contribution is -2.27. The predicted molar refractivity (Wildman–Crippen MR) is 128 cm³/mol. The van der Waals surface area contributed by atoms with Crippen LogP contribution in [0.3, 0.4) is 0 Å². The number of aromatic nitrogens is 4. The molecule has 0 atom stereocenters. The van der Waals surface area contributed by atoms with E-state index in [1.165, 1.54) is 18.1 Å². The first-order valence-electron chi connectivity index (χ1n) is 10.8. The first-order valence-corrected chi connectivity index (χ1v) is 10.8. The number of carbonyl (C=O) groups is 2. The van der Waals surface area contributed by atoms with Crippen LogP contribution in [0.25, 0.3) is 0 Å². The van der Waals surface area contributed by atoms with E-state index in [4.69, 9.17) is 9.47 Å². The summed E-state index contributed by atoms with van der Waals surface area (Å²) in [4.78, 5) is 33.0. The number of hydrogen-bond donors (Lipinski definition) is 2. The maximum atomic E-state index is 12.7. The Hall–Kier alpha value is -4.73. The number of ether oxygens (including phenoxy) is 2. The summed E-state index contributed by atoms with van der Waals surface area (Å²) in [5.74, 6) is 0.352. The highest BCUT2D eigenvalue weighted by Gasteiger charge is 2.14. The maximum Gasteiger partial charge on any atom is 0.258 e. The number of anilines is 1. The second-order valence-corrected chi connectivity index (χ2v) is 7.50. The molecule has 0 bridgehead atoms. The lowest BCUT2D eigenvalue weighted by Gasteiger charge is -2.12. The van der Waals surface area contributed by atoms with Crippen LogP contribution < -0.4 is 20.1 Å². The smallest absolute Gasteiger partial charge is 0.258 e. The van der Waals surface area contributed by atoms with Gasteiger partial charge >= 0.3 is 0 Å². The summed E-state index contributed by atoms with van der Waals surface area (Å²) in [5.41, 5.74) is 2.25. The third-order valence-electron chi connectivity index (χ3n) is 4.94. The summed E-state index contributed by atoms with van der Waals surface area (Å²) in [6.07, 6.45) is 4.79. The number of rotatable bonds is 10. The van der Waals surface area contributed by atoms with Crippen LogP contribution in [-0.2, 0) is 24.5 Å². The van der Waals surface area contributed by atoms with Gasteiger partial charge in [0.2, 0.25) is 11.9 Å². The number of benzene rings is 2. The van der Waals surface area contributed by atoms with Crippen molar-refractivity contribution in [2.45, 2.75) is 19.7 Å². The van der Waals surface area contributed by atoms with Crippen molar-refractivity contribution in [2.75, 3.05) is 12.4 Å². The Morgan fingerprint density at radius 2 is 1.83 bits per heavy atom. The highest BCUT2D eigenvalue weighted by Crippen LogP contribution is 2.29. The van der Waals surface area contributed by atoms with Crippen molar-refractivity contribution >= 4 is 17.8 Å². The molecule has 0 saturated carbocycles. The van der Waals surface area contributed by atoms with Gasteiger partial charge in [-0.3, -0.25) is 19.9 Å². The van der Waals surface area contributed by atoms with Crippen LogP contribution in [0.5, 0.6) is 11.5 Å².